The van der Waals surface area contributed by atoms with Crippen LogP contribution in [-0.4, -0.2) is 55.1 Å². The van der Waals surface area contributed by atoms with Gasteiger partial charge >= 0.3 is 6.18 Å². The van der Waals surface area contributed by atoms with Crippen LogP contribution in [0, 0.1) is 0 Å². The molecule has 1 heterocycles. The Morgan fingerprint density at radius 2 is 1.97 bits per heavy atom. The second-order valence-electron chi connectivity index (χ2n) is 7.74. The Balaban J connectivity index is 2.36. The summed E-state index contributed by atoms with van der Waals surface area (Å²) in [5.74, 6) is 0.689. The average Bonchev–Trinajstić information content (AvgIpc) is 2.57. The number of ether oxygens (including phenoxy) is 2. The molecule has 6 nitrogen and oxygen atoms in total. The van der Waals surface area contributed by atoms with Crippen LogP contribution in [0.15, 0.2) is 18.2 Å². The van der Waals surface area contributed by atoms with Gasteiger partial charge in [-0.2, -0.15) is 17.5 Å². The van der Waals surface area contributed by atoms with Crippen molar-refractivity contribution in [3.05, 3.63) is 23.8 Å². The van der Waals surface area contributed by atoms with Crippen molar-refractivity contribution in [2.45, 2.75) is 64.0 Å². The number of nitrogens with zero attached hydrogens (tertiary/aromatic N) is 1. The molecule has 2 unspecified atom stereocenters. The maximum atomic E-state index is 12.4. The highest BCUT2D eigenvalue weighted by Crippen LogP contribution is 2.45. The van der Waals surface area contributed by atoms with E-state index in [4.69, 9.17) is 9.47 Å². The third-order valence-corrected chi connectivity index (χ3v) is 6.00. The lowest BCUT2D eigenvalue weighted by Gasteiger charge is -2.45. The second-order valence-corrected chi connectivity index (χ2v) is 9.67. The van der Waals surface area contributed by atoms with Crippen molar-refractivity contribution in [3.8, 4) is 11.5 Å². The summed E-state index contributed by atoms with van der Waals surface area (Å²) in [7, 11) is -3.65. The van der Waals surface area contributed by atoms with Gasteiger partial charge in [0.25, 0.3) is 0 Å². The van der Waals surface area contributed by atoms with E-state index in [-0.39, 0.29) is 25.3 Å². The van der Waals surface area contributed by atoms with E-state index in [1.54, 1.807) is 26.0 Å². The van der Waals surface area contributed by atoms with Crippen molar-refractivity contribution in [2.75, 3.05) is 19.4 Å². The van der Waals surface area contributed by atoms with Gasteiger partial charge in [0.05, 0.1) is 18.9 Å². The van der Waals surface area contributed by atoms with E-state index in [9.17, 15) is 26.7 Å². The average molecular weight is 439 g/mol. The van der Waals surface area contributed by atoms with Gasteiger partial charge in [-0.05, 0) is 44.9 Å². The van der Waals surface area contributed by atoms with Crippen molar-refractivity contribution in [1.29, 1.82) is 0 Å². The Morgan fingerprint density at radius 3 is 2.52 bits per heavy atom. The Labute approximate surface area is 169 Å². The molecule has 1 aromatic rings. The van der Waals surface area contributed by atoms with Crippen molar-refractivity contribution in [2.24, 2.45) is 0 Å². The molecule has 1 aliphatic heterocycles. The first-order chi connectivity index (χ1) is 13.3. The van der Waals surface area contributed by atoms with E-state index in [1.165, 1.54) is 10.4 Å². The third kappa shape index (κ3) is 5.99. The summed E-state index contributed by atoms with van der Waals surface area (Å²) < 4.78 is 74.2. The normalized spacial score (nSPS) is 21.6. The fourth-order valence-corrected chi connectivity index (χ4v) is 4.50. The second kappa shape index (κ2) is 8.69. The number of aliphatic hydroxyl groups excluding tert-OH is 1. The molecule has 0 saturated heterocycles. The summed E-state index contributed by atoms with van der Waals surface area (Å²) in [5.41, 5.74) is -0.618. The van der Waals surface area contributed by atoms with Crippen LogP contribution < -0.4 is 9.47 Å². The summed E-state index contributed by atoms with van der Waals surface area (Å²) in [6.45, 7) is 5.23. The SMILES string of the molecule is CCCN(C1c2cc(OCCCC(F)(F)F)ccc2OC(C)(C)C1O)S(C)(=O)=O. The smallest absolute Gasteiger partial charge is 0.389 e. The highest BCUT2D eigenvalue weighted by atomic mass is 32.2. The maximum absolute atomic E-state index is 12.4. The predicted molar refractivity (Wildman–Crippen MR) is 103 cm³/mol. The number of fused-ring (bicyclic) bond motifs is 1. The van der Waals surface area contributed by atoms with Crippen LogP contribution in [0.4, 0.5) is 13.2 Å². The summed E-state index contributed by atoms with van der Waals surface area (Å²) in [6.07, 6.45) is -4.92. The van der Waals surface area contributed by atoms with Gasteiger partial charge in [0, 0.05) is 18.5 Å². The molecule has 1 N–H and O–H groups in total. The zero-order valence-corrected chi connectivity index (χ0v) is 17.8. The Hall–Kier alpha value is -1.52. The molecule has 2 atom stereocenters. The molecule has 0 aromatic heterocycles. The van der Waals surface area contributed by atoms with E-state index in [2.05, 4.69) is 0 Å². The summed E-state index contributed by atoms with van der Waals surface area (Å²) >= 11 is 0. The standard InChI is InChI=1S/C19H28F3NO5S/c1-5-10-23(29(4,25)26)16-14-12-13(27-11-6-9-19(20,21)22)7-8-15(14)28-18(2,3)17(16)24/h7-8,12,16-17,24H,5-6,9-11H2,1-4H3. The van der Waals surface area contributed by atoms with Crippen molar-refractivity contribution in [1.82, 2.24) is 4.31 Å². The van der Waals surface area contributed by atoms with Crippen molar-refractivity contribution >= 4 is 10.0 Å². The number of alkyl halides is 3. The molecule has 0 saturated carbocycles. The number of sulfonamides is 1. The Morgan fingerprint density at radius 1 is 1.31 bits per heavy atom. The fourth-order valence-electron chi connectivity index (χ4n) is 3.34. The van der Waals surface area contributed by atoms with Crippen LogP contribution in [0.5, 0.6) is 11.5 Å². The first kappa shape index (κ1) is 23.8. The lowest BCUT2D eigenvalue weighted by atomic mass is 9.86. The lowest BCUT2D eigenvalue weighted by Crippen LogP contribution is -2.54. The van der Waals surface area contributed by atoms with Gasteiger partial charge in [-0.1, -0.05) is 6.92 Å². The number of hydrogen-bond donors (Lipinski definition) is 1. The van der Waals surface area contributed by atoms with Gasteiger partial charge < -0.3 is 14.6 Å². The summed E-state index contributed by atoms with van der Waals surface area (Å²) in [6, 6.07) is 3.77. The molecule has 0 radical (unpaired) electrons. The van der Waals surface area contributed by atoms with Crippen LogP contribution in [0.25, 0.3) is 0 Å². The molecule has 0 amide bonds. The molecule has 0 fully saturated rings. The van der Waals surface area contributed by atoms with Crippen LogP contribution in [0.2, 0.25) is 0 Å². The molecule has 29 heavy (non-hydrogen) atoms. The molecule has 2 rings (SSSR count). The van der Waals surface area contributed by atoms with Crippen LogP contribution in [0.3, 0.4) is 0 Å². The van der Waals surface area contributed by atoms with Gasteiger partial charge in [0.2, 0.25) is 10.0 Å². The minimum atomic E-state index is -4.25. The number of aliphatic hydroxyl groups is 1. The number of hydrogen-bond acceptors (Lipinski definition) is 5. The van der Waals surface area contributed by atoms with E-state index in [1.807, 2.05) is 6.92 Å². The maximum Gasteiger partial charge on any atom is 0.389 e. The predicted octanol–water partition coefficient (Wildman–Crippen LogP) is 3.65. The molecule has 1 aromatic carbocycles. The molecule has 166 valence electrons. The minimum absolute atomic E-state index is 0.136. The van der Waals surface area contributed by atoms with Crippen LogP contribution in [-0.2, 0) is 10.0 Å². The Bertz CT molecular complexity index is 811. The quantitative estimate of drug-likeness (QED) is 0.626. The number of benzene rings is 1. The molecule has 1 aliphatic rings. The van der Waals surface area contributed by atoms with Crippen molar-refractivity contribution in [3.63, 3.8) is 0 Å². The minimum Gasteiger partial charge on any atom is -0.494 e. The monoisotopic (exact) mass is 439 g/mol. The van der Waals surface area contributed by atoms with E-state index >= 15 is 0 Å². The van der Waals surface area contributed by atoms with E-state index in [0.29, 0.717) is 17.7 Å². The zero-order valence-electron chi connectivity index (χ0n) is 17.0. The first-order valence-corrected chi connectivity index (χ1v) is 11.3. The van der Waals surface area contributed by atoms with Crippen LogP contribution in [0.1, 0.15) is 51.6 Å². The van der Waals surface area contributed by atoms with Gasteiger partial charge in [-0.15, -0.1) is 0 Å². The molecule has 0 spiro atoms. The highest BCUT2D eigenvalue weighted by molar-refractivity contribution is 7.88. The van der Waals surface area contributed by atoms with Gasteiger partial charge in [0.1, 0.15) is 23.2 Å². The molecule has 0 bridgehead atoms. The molecule has 0 aliphatic carbocycles. The van der Waals surface area contributed by atoms with Crippen LogP contribution >= 0.6 is 0 Å². The van der Waals surface area contributed by atoms with E-state index in [0.717, 1.165) is 6.26 Å². The highest BCUT2D eigenvalue weighted by Gasteiger charge is 2.47. The zero-order chi connectivity index (χ0) is 22.0. The Kier molecular flexibility index (Phi) is 7.12. The third-order valence-electron chi connectivity index (χ3n) is 4.74. The fraction of sp³-hybridized carbons (Fsp3) is 0.684. The summed E-state index contributed by atoms with van der Waals surface area (Å²) in [4.78, 5) is 0. The largest absolute Gasteiger partial charge is 0.494 e. The topological polar surface area (TPSA) is 76.1 Å². The van der Waals surface area contributed by atoms with Gasteiger partial charge in [0.15, 0.2) is 0 Å². The number of rotatable bonds is 8. The van der Waals surface area contributed by atoms with Gasteiger partial charge in [-0.3, -0.25) is 0 Å². The lowest BCUT2D eigenvalue weighted by molar-refractivity contribution is -0.136. The number of halogens is 3. The van der Waals surface area contributed by atoms with Crippen molar-refractivity contribution < 1.29 is 36.2 Å². The summed E-state index contributed by atoms with van der Waals surface area (Å²) in [5, 5.41) is 10.9. The molecule has 10 heteroatoms. The molecular weight excluding hydrogens is 411 g/mol. The molecular formula is C19H28F3NO5S. The van der Waals surface area contributed by atoms with E-state index < -0.39 is 40.4 Å². The first-order valence-electron chi connectivity index (χ1n) is 9.43. The van der Waals surface area contributed by atoms with Gasteiger partial charge in [-0.25, -0.2) is 8.42 Å².